The van der Waals surface area contributed by atoms with Crippen LogP contribution in [0.2, 0.25) is 0 Å². The Labute approximate surface area is 102 Å². The standard InChI is InChI=1S/C11H14BrFN2O/c1-7(4-5-14)11(16)15-8-2-3-9(12)10(13)6-8/h2-3,6-7H,4-5,14H2,1H3,(H,15,16). The molecule has 0 aliphatic heterocycles. The fourth-order valence-corrected chi connectivity index (χ4v) is 1.47. The van der Waals surface area contributed by atoms with E-state index in [2.05, 4.69) is 21.2 Å². The molecule has 0 saturated carbocycles. The number of benzene rings is 1. The van der Waals surface area contributed by atoms with Crippen LogP contribution < -0.4 is 11.1 Å². The molecule has 0 saturated heterocycles. The van der Waals surface area contributed by atoms with Crippen LogP contribution in [0.15, 0.2) is 22.7 Å². The van der Waals surface area contributed by atoms with E-state index in [1.54, 1.807) is 19.1 Å². The van der Waals surface area contributed by atoms with Crippen LogP contribution in [0.1, 0.15) is 13.3 Å². The average Bonchev–Trinajstić information content (AvgIpc) is 2.24. The van der Waals surface area contributed by atoms with Gasteiger partial charge in [0.1, 0.15) is 5.82 Å². The van der Waals surface area contributed by atoms with Gasteiger partial charge in [0.2, 0.25) is 5.91 Å². The number of nitrogens with two attached hydrogens (primary N) is 1. The van der Waals surface area contributed by atoms with Gasteiger partial charge in [-0.05, 0) is 47.1 Å². The van der Waals surface area contributed by atoms with Gasteiger partial charge in [-0.1, -0.05) is 6.92 Å². The van der Waals surface area contributed by atoms with Gasteiger partial charge in [0, 0.05) is 11.6 Å². The van der Waals surface area contributed by atoms with E-state index in [1.165, 1.54) is 6.07 Å². The topological polar surface area (TPSA) is 55.1 Å². The van der Waals surface area contributed by atoms with Gasteiger partial charge in [-0.3, -0.25) is 4.79 Å². The Bertz CT molecular complexity index is 384. The van der Waals surface area contributed by atoms with E-state index in [1.807, 2.05) is 0 Å². The molecule has 16 heavy (non-hydrogen) atoms. The minimum absolute atomic E-state index is 0.146. The quantitative estimate of drug-likeness (QED) is 0.894. The molecular formula is C11H14BrFN2O. The summed E-state index contributed by atoms with van der Waals surface area (Å²) in [7, 11) is 0. The van der Waals surface area contributed by atoms with Crippen LogP contribution in [0.3, 0.4) is 0 Å². The van der Waals surface area contributed by atoms with E-state index in [4.69, 9.17) is 5.73 Å². The lowest BCUT2D eigenvalue weighted by atomic mass is 10.1. The van der Waals surface area contributed by atoms with Gasteiger partial charge >= 0.3 is 0 Å². The van der Waals surface area contributed by atoms with E-state index < -0.39 is 5.82 Å². The van der Waals surface area contributed by atoms with Gasteiger partial charge in [-0.2, -0.15) is 0 Å². The van der Waals surface area contributed by atoms with Crippen molar-refractivity contribution in [3.63, 3.8) is 0 Å². The maximum absolute atomic E-state index is 13.2. The average molecular weight is 289 g/mol. The highest BCUT2D eigenvalue weighted by atomic mass is 79.9. The summed E-state index contributed by atoms with van der Waals surface area (Å²) in [5.41, 5.74) is 5.81. The lowest BCUT2D eigenvalue weighted by Crippen LogP contribution is -2.22. The number of rotatable bonds is 4. The third-order valence-electron chi connectivity index (χ3n) is 2.23. The summed E-state index contributed by atoms with van der Waals surface area (Å²) >= 11 is 3.05. The van der Waals surface area contributed by atoms with Crippen molar-refractivity contribution in [3.8, 4) is 0 Å². The Balaban J connectivity index is 2.66. The first-order valence-electron chi connectivity index (χ1n) is 5.00. The number of carbonyl (C=O) groups is 1. The van der Waals surface area contributed by atoms with E-state index in [-0.39, 0.29) is 11.8 Å². The molecule has 1 rings (SSSR count). The van der Waals surface area contributed by atoms with Crippen molar-refractivity contribution in [1.82, 2.24) is 0 Å². The van der Waals surface area contributed by atoms with E-state index in [0.29, 0.717) is 23.1 Å². The third kappa shape index (κ3) is 3.57. The molecule has 5 heteroatoms. The maximum atomic E-state index is 13.2. The molecule has 0 spiro atoms. The summed E-state index contributed by atoms with van der Waals surface area (Å²) in [5.74, 6) is -0.715. The van der Waals surface area contributed by atoms with Crippen molar-refractivity contribution in [2.24, 2.45) is 11.7 Å². The second-order valence-corrected chi connectivity index (χ2v) is 4.45. The highest BCUT2D eigenvalue weighted by molar-refractivity contribution is 9.10. The summed E-state index contributed by atoms with van der Waals surface area (Å²) < 4.78 is 13.5. The Morgan fingerprint density at radius 1 is 1.62 bits per heavy atom. The van der Waals surface area contributed by atoms with E-state index >= 15 is 0 Å². The molecule has 0 aliphatic carbocycles. The van der Waals surface area contributed by atoms with E-state index in [0.717, 1.165) is 0 Å². The number of halogens is 2. The zero-order valence-electron chi connectivity index (χ0n) is 8.97. The normalized spacial score (nSPS) is 12.2. The SMILES string of the molecule is CC(CCN)C(=O)Nc1ccc(Br)c(F)c1. The lowest BCUT2D eigenvalue weighted by Gasteiger charge is -2.11. The third-order valence-corrected chi connectivity index (χ3v) is 2.88. The Kier molecular flexibility index (Phi) is 4.89. The molecule has 1 unspecified atom stereocenters. The zero-order chi connectivity index (χ0) is 12.1. The zero-order valence-corrected chi connectivity index (χ0v) is 10.6. The lowest BCUT2D eigenvalue weighted by molar-refractivity contribution is -0.119. The minimum Gasteiger partial charge on any atom is -0.330 e. The smallest absolute Gasteiger partial charge is 0.227 e. The predicted octanol–water partition coefficient (Wildman–Crippen LogP) is 2.51. The van der Waals surface area contributed by atoms with Crippen LogP contribution in [-0.2, 0) is 4.79 Å². The molecule has 0 radical (unpaired) electrons. The molecule has 3 nitrogen and oxygen atoms in total. The summed E-state index contributed by atoms with van der Waals surface area (Å²) in [4.78, 5) is 11.6. The highest BCUT2D eigenvalue weighted by Crippen LogP contribution is 2.19. The Hall–Kier alpha value is -0.940. The highest BCUT2D eigenvalue weighted by Gasteiger charge is 2.12. The van der Waals surface area contributed by atoms with Gasteiger partial charge < -0.3 is 11.1 Å². The summed E-state index contributed by atoms with van der Waals surface area (Å²) in [6.07, 6.45) is 0.616. The van der Waals surface area contributed by atoms with Crippen LogP contribution in [-0.4, -0.2) is 12.5 Å². The van der Waals surface area contributed by atoms with Crippen molar-refractivity contribution < 1.29 is 9.18 Å². The van der Waals surface area contributed by atoms with Crippen LogP contribution in [0.25, 0.3) is 0 Å². The summed E-state index contributed by atoms with van der Waals surface area (Å²) in [6.45, 7) is 2.25. The van der Waals surface area contributed by atoms with Crippen molar-refractivity contribution in [3.05, 3.63) is 28.5 Å². The van der Waals surface area contributed by atoms with Gasteiger partial charge in [-0.25, -0.2) is 4.39 Å². The number of hydrogen-bond donors (Lipinski definition) is 2. The van der Waals surface area contributed by atoms with Crippen LogP contribution in [0, 0.1) is 11.7 Å². The molecule has 0 heterocycles. The van der Waals surface area contributed by atoms with Gasteiger partial charge in [0.15, 0.2) is 0 Å². The molecule has 3 N–H and O–H groups in total. The predicted molar refractivity (Wildman–Crippen MR) is 65.6 cm³/mol. The maximum Gasteiger partial charge on any atom is 0.227 e. The van der Waals surface area contributed by atoms with Crippen LogP contribution in [0.5, 0.6) is 0 Å². The first-order valence-corrected chi connectivity index (χ1v) is 5.80. The largest absolute Gasteiger partial charge is 0.330 e. The number of anilines is 1. The Morgan fingerprint density at radius 3 is 2.88 bits per heavy atom. The van der Waals surface area contributed by atoms with Gasteiger partial charge in [0.25, 0.3) is 0 Å². The number of hydrogen-bond acceptors (Lipinski definition) is 2. The molecule has 1 aromatic carbocycles. The van der Waals surface area contributed by atoms with Gasteiger partial charge in [0.05, 0.1) is 4.47 Å². The molecule has 0 bridgehead atoms. The van der Waals surface area contributed by atoms with Crippen LogP contribution >= 0.6 is 15.9 Å². The van der Waals surface area contributed by atoms with Crippen molar-refractivity contribution >= 4 is 27.5 Å². The fourth-order valence-electron chi connectivity index (χ4n) is 1.22. The monoisotopic (exact) mass is 288 g/mol. The number of nitrogens with one attached hydrogen (secondary N) is 1. The minimum atomic E-state index is -0.399. The second kappa shape index (κ2) is 5.96. The second-order valence-electron chi connectivity index (χ2n) is 3.60. The number of amides is 1. The molecule has 1 aromatic rings. The van der Waals surface area contributed by atoms with Crippen molar-refractivity contribution in [2.45, 2.75) is 13.3 Å². The molecule has 0 aliphatic rings. The molecule has 0 aromatic heterocycles. The molecule has 1 atom stereocenters. The first-order chi connectivity index (χ1) is 7.54. The van der Waals surface area contributed by atoms with Crippen LogP contribution in [0.4, 0.5) is 10.1 Å². The summed E-state index contributed by atoms with van der Waals surface area (Å²) in [5, 5.41) is 2.64. The fraction of sp³-hybridized carbons (Fsp3) is 0.364. The van der Waals surface area contributed by atoms with Crippen molar-refractivity contribution in [1.29, 1.82) is 0 Å². The van der Waals surface area contributed by atoms with Gasteiger partial charge in [-0.15, -0.1) is 0 Å². The Morgan fingerprint density at radius 2 is 2.31 bits per heavy atom. The summed E-state index contributed by atoms with van der Waals surface area (Å²) in [6, 6.07) is 4.47. The molecular weight excluding hydrogens is 275 g/mol. The number of carbonyl (C=O) groups excluding carboxylic acids is 1. The molecule has 88 valence electrons. The van der Waals surface area contributed by atoms with E-state index in [9.17, 15) is 9.18 Å². The first kappa shape index (κ1) is 13.1. The molecule has 1 amide bonds. The van der Waals surface area contributed by atoms with Crippen molar-refractivity contribution in [2.75, 3.05) is 11.9 Å². The molecule has 0 fully saturated rings.